The standard InChI is InChI=1S/C8H15O4P/c1-2-3-5-12-8(10)4-6-13(11)7-9/h6,9H,2-5,7H2,1H3. The highest BCUT2D eigenvalue weighted by Gasteiger charge is 2.02. The van der Waals surface area contributed by atoms with Crippen LogP contribution in [0, 0.1) is 0 Å². The van der Waals surface area contributed by atoms with E-state index >= 15 is 0 Å². The van der Waals surface area contributed by atoms with Crippen molar-refractivity contribution in [2.24, 2.45) is 0 Å². The van der Waals surface area contributed by atoms with Crippen molar-refractivity contribution in [3.8, 4) is 0 Å². The van der Waals surface area contributed by atoms with Gasteiger partial charge in [-0.3, -0.25) is 4.79 Å². The van der Waals surface area contributed by atoms with Crippen molar-refractivity contribution >= 4 is 19.5 Å². The molecule has 0 spiro atoms. The summed E-state index contributed by atoms with van der Waals surface area (Å²) in [7, 11) is -1.75. The molecule has 1 unspecified atom stereocenters. The molecule has 0 aliphatic carbocycles. The molecule has 0 radical (unpaired) electrons. The first-order chi connectivity index (χ1) is 6.20. The number of carbonyl (C=O) groups is 1. The average molecular weight is 206 g/mol. The summed E-state index contributed by atoms with van der Waals surface area (Å²) in [6, 6.07) is 0. The quantitative estimate of drug-likeness (QED) is 0.383. The highest BCUT2D eigenvalue weighted by Crippen LogP contribution is 2.06. The van der Waals surface area contributed by atoms with Gasteiger partial charge in [-0.05, 0) is 6.42 Å². The molecule has 0 saturated heterocycles. The molecule has 5 heteroatoms. The Morgan fingerprint density at radius 1 is 1.69 bits per heavy atom. The number of ether oxygens (including phenoxy) is 1. The summed E-state index contributed by atoms with van der Waals surface area (Å²) in [4.78, 5) is 21.6. The molecule has 4 nitrogen and oxygen atoms in total. The summed E-state index contributed by atoms with van der Waals surface area (Å²) in [6.45, 7) is 2.42. The zero-order valence-corrected chi connectivity index (χ0v) is 8.63. The maximum atomic E-state index is 10.9. The SMILES string of the molecule is CCCCOC(=O)CC=[P+]([O-])CO. The first-order valence-electron chi connectivity index (χ1n) is 4.24. The van der Waals surface area contributed by atoms with Crippen molar-refractivity contribution < 1.29 is 19.5 Å². The monoisotopic (exact) mass is 206 g/mol. The fraction of sp³-hybridized carbons (Fsp3) is 0.750. The van der Waals surface area contributed by atoms with Crippen LogP contribution in [0.15, 0.2) is 0 Å². The van der Waals surface area contributed by atoms with E-state index in [0.717, 1.165) is 12.8 Å². The van der Waals surface area contributed by atoms with E-state index in [0.29, 0.717) is 6.61 Å². The number of hydrogen-bond acceptors (Lipinski definition) is 4. The van der Waals surface area contributed by atoms with Crippen LogP contribution in [0.5, 0.6) is 0 Å². The third kappa shape index (κ3) is 7.91. The molecule has 0 aromatic rings. The molecule has 13 heavy (non-hydrogen) atoms. The molecule has 0 rings (SSSR count). The summed E-state index contributed by atoms with van der Waals surface area (Å²) in [5, 5.41) is 8.39. The van der Waals surface area contributed by atoms with Crippen LogP contribution in [-0.2, 0) is 9.53 Å². The Kier molecular flexibility index (Phi) is 7.90. The number of esters is 1. The maximum Gasteiger partial charge on any atom is 0.313 e. The lowest BCUT2D eigenvalue weighted by Crippen LogP contribution is -2.07. The van der Waals surface area contributed by atoms with Gasteiger partial charge in [-0.2, -0.15) is 0 Å². The van der Waals surface area contributed by atoms with Gasteiger partial charge in [0.1, 0.15) is 6.42 Å². The Hall–Kier alpha value is -0.440. The summed E-state index contributed by atoms with van der Waals surface area (Å²) in [6.07, 6.45) is 1.43. The van der Waals surface area contributed by atoms with Gasteiger partial charge in [-0.25, -0.2) is 0 Å². The van der Waals surface area contributed by atoms with Gasteiger partial charge in [0.25, 0.3) is 0 Å². The topological polar surface area (TPSA) is 69.6 Å². The second-order valence-electron chi connectivity index (χ2n) is 2.52. The van der Waals surface area contributed by atoms with Gasteiger partial charge in [-0.15, -0.1) is 0 Å². The summed E-state index contributed by atoms with van der Waals surface area (Å²) >= 11 is 0. The van der Waals surface area contributed by atoms with Crippen molar-refractivity contribution in [3.63, 3.8) is 0 Å². The van der Waals surface area contributed by atoms with Crippen LogP contribution in [-0.4, -0.2) is 29.8 Å². The van der Waals surface area contributed by atoms with E-state index in [9.17, 15) is 9.69 Å². The molecule has 0 aliphatic heterocycles. The molecule has 1 atom stereocenters. The van der Waals surface area contributed by atoms with E-state index in [-0.39, 0.29) is 12.4 Å². The lowest BCUT2D eigenvalue weighted by molar-refractivity contribution is -0.156. The molecule has 0 heterocycles. The molecular formula is C8H15O4P. The van der Waals surface area contributed by atoms with Crippen LogP contribution in [0.2, 0.25) is 0 Å². The van der Waals surface area contributed by atoms with Gasteiger partial charge < -0.3 is 14.7 Å². The number of unbranched alkanes of at least 4 members (excludes halogenated alkanes) is 1. The third-order valence-electron chi connectivity index (χ3n) is 1.36. The average Bonchev–Trinajstić information content (AvgIpc) is 2.14. The Labute approximate surface area is 79.0 Å². The van der Waals surface area contributed by atoms with Gasteiger partial charge in [0.15, 0.2) is 6.35 Å². The Morgan fingerprint density at radius 3 is 2.92 bits per heavy atom. The van der Waals surface area contributed by atoms with Crippen LogP contribution in [0.4, 0.5) is 0 Å². The van der Waals surface area contributed by atoms with E-state index in [2.05, 4.69) is 0 Å². The minimum atomic E-state index is -1.75. The van der Waals surface area contributed by atoms with Crippen LogP contribution < -0.4 is 4.89 Å². The Bertz CT molecular complexity index is 179. The highest BCUT2D eigenvalue weighted by atomic mass is 31.1. The van der Waals surface area contributed by atoms with Crippen LogP contribution >= 0.6 is 7.77 Å². The molecule has 0 bridgehead atoms. The van der Waals surface area contributed by atoms with E-state index in [1.165, 1.54) is 5.80 Å². The normalized spacial score (nSPS) is 11.5. The van der Waals surface area contributed by atoms with Crippen molar-refractivity contribution in [2.45, 2.75) is 26.2 Å². The van der Waals surface area contributed by atoms with E-state index in [1.807, 2.05) is 6.92 Å². The summed E-state index contributed by atoms with van der Waals surface area (Å²) in [5.41, 5.74) is 0. The molecule has 0 saturated carbocycles. The minimum absolute atomic E-state index is 0.0134. The van der Waals surface area contributed by atoms with Crippen molar-refractivity contribution in [3.05, 3.63) is 0 Å². The third-order valence-corrected chi connectivity index (χ3v) is 2.23. The molecule has 0 amide bonds. The van der Waals surface area contributed by atoms with Crippen LogP contribution in [0.25, 0.3) is 0 Å². The second kappa shape index (κ2) is 8.17. The van der Waals surface area contributed by atoms with Crippen molar-refractivity contribution in [1.29, 1.82) is 0 Å². The zero-order valence-electron chi connectivity index (χ0n) is 7.73. The molecule has 0 fully saturated rings. The lowest BCUT2D eigenvalue weighted by Gasteiger charge is -2.00. The van der Waals surface area contributed by atoms with Gasteiger partial charge in [0.2, 0.25) is 0 Å². The fourth-order valence-corrected chi connectivity index (χ4v) is 1.09. The van der Waals surface area contributed by atoms with Crippen molar-refractivity contribution in [2.75, 3.05) is 13.0 Å². The smallest absolute Gasteiger partial charge is 0.313 e. The number of aliphatic hydroxyl groups is 1. The van der Waals surface area contributed by atoms with Crippen LogP contribution in [0.1, 0.15) is 26.2 Å². The largest absolute Gasteiger partial charge is 0.629 e. The lowest BCUT2D eigenvalue weighted by atomic mass is 10.4. The summed E-state index contributed by atoms with van der Waals surface area (Å²) in [5.74, 6) is 0.897. The Balaban J connectivity index is 3.51. The molecule has 0 aromatic carbocycles. The van der Waals surface area contributed by atoms with Gasteiger partial charge in [0, 0.05) is 0 Å². The van der Waals surface area contributed by atoms with E-state index in [1.54, 1.807) is 0 Å². The van der Waals surface area contributed by atoms with Crippen LogP contribution in [0.3, 0.4) is 0 Å². The van der Waals surface area contributed by atoms with E-state index < -0.39 is 14.1 Å². The molecular weight excluding hydrogens is 191 g/mol. The number of rotatable bonds is 6. The number of hydrogen-bond donors (Lipinski definition) is 1. The first kappa shape index (κ1) is 12.6. The number of carbonyl (C=O) groups excluding carboxylic acids is 1. The van der Waals surface area contributed by atoms with Gasteiger partial charge in [-0.1, -0.05) is 13.3 Å². The Morgan fingerprint density at radius 2 is 2.38 bits per heavy atom. The molecule has 1 N–H and O–H groups in total. The first-order valence-corrected chi connectivity index (χ1v) is 5.75. The predicted octanol–water partition coefficient (Wildman–Crippen LogP) is 0.229. The van der Waals surface area contributed by atoms with Crippen molar-refractivity contribution in [1.82, 2.24) is 0 Å². The second-order valence-corrected chi connectivity index (χ2v) is 4.00. The van der Waals surface area contributed by atoms with E-state index in [4.69, 9.17) is 9.84 Å². The highest BCUT2D eigenvalue weighted by molar-refractivity contribution is 7.49. The zero-order chi connectivity index (χ0) is 10.1. The predicted molar refractivity (Wildman–Crippen MR) is 50.6 cm³/mol. The maximum absolute atomic E-state index is 10.9. The van der Waals surface area contributed by atoms with Gasteiger partial charge >= 0.3 is 5.97 Å². The van der Waals surface area contributed by atoms with Gasteiger partial charge in [0.05, 0.1) is 20.2 Å². The molecule has 0 aromatic heterocycles. The molecule has 0 aliphatic rings. The molecule has 76 valence electrons. The number of aliphatic hydroxyl groups excluding tert-OH is 1. The fourth-order valence-electron chi connectivity index (χ4n) is 0.623. The summed E-state index contributed by atoms with van der Waals surface area (Å²) < 4.78 is 4.80. The minimum Gasteiger partial charge on any atom is -0.629 e.